The Morgan fingerprint density at radius 1 is 0.909 bits per heavy atom. The zero-order chi connectivity index (χ0) is 23.4. The fraction of sp³-hybridized carbons (Fsp3) is 0.154. The molecule has 0 radical (unpaired) electrons. The number of aryl methyl sites for hydroxylation is 1. The van der Waals surface area contributed by atoms with E-state index in [1.165, 1.54) is 17.1 Å². The Bertz CT molecular complexity index is 1390. The number of nitrogens with one attached hydrogen (secondary N) is 2. The Morgan fingerprint density at radius 3 is 2.33 bits per heavy atom. The summed E-state index contributed by atoms with van der Waals surface area (Å²) in [6, 6.07) is 21.8. The molecule has 0 bridgehead atoms. The van der Waals surface area contributed by atoms with Gasteiger partial charge < -0.3 is 10.6 Å². The number of aromatic nitrogens is 2. The van der Waals surface area contributed by atoms with Gasteiger partial charge in [0, 0.05) is 18.2 Å². The summed E-state index contributed by atoms with van der Waals surface area (Å²) in [6.07, 6.45) is 0.912. The second kappa shape index (κ2) is 9.48. The average Bonchev–Trinajstić information content (AvgIpc) is 2.81. The van der Waals surface area contributed by atoms with E-state index < -0.39 is 5.56 Å². The second-order valence-corrected chi connectivity index (χ2v) is 7.67. The number of fused-ring (bicyclic) bond motifs is 1. The first-order valence-corrected chi connectivity index (χ1v) is 10.7. The first-order valence-electron chi connectivity index (χ1n) is 10.7. The van der Waals surface area contributed by atoms with E-state index in [9.17, 15) is 14.4 Å². The summed E-state index contributed by atoms with van der Waals surface area (Å²) < 4.78 is 1.41. The fourth-order valence-corrected chi connectivity index (χ4v) is 3.68. The van der Waals surface area contributed by atoms with Crippen LogP contribution in [0.15, 0.2) is 77.6 Å². The number of nitrogens with zero attached hydrogens (tertiary/aromatic N) is 2. The predicted octanol–water partition coefficient (Wildman–Crippen LogP) is 4.22. The van der Waals surface area contributed by atoms with Crippen LogP contribution < -0.4 is 16.2 Å². The summed E-state index contributed by atoms with van der Waals surface area (Å²) in [7, 11) is 0. The van der Waals surface area contributed by atoms with Crippen LogP contribution in [-0.2, 0) is 22.6 Å². The number of anilines is 2. The molecule has 0 unspecified atom stereocenters. The first-order chi connectivity index (χ1) is 16.0. The summed E-state index contributed by atoms with van der Waals surface area (Å²) >= 11 is 0. The van der Waals surface area contributed by atoms with Crippen molar-refractivity contribution in [1.82, 2.24) is 9.55 Å². The number of carbonyl (C=O) groups excluding carboxylic acids is 2. The van der Waals surface area contributed by atoms with Gasteiger partial charge in [0.05, 0.1) is 16.7 Å². The number of hydrogen-bond donors (Lipinski definition) is 2. The summed E-state index contributed by atoms with van der Waals surface area (Å²) in [4.78, 5) is 42.6. The minimum absolute atomic E-state index is 0.165. The van der Waals surface area contributed by atoms with Gasteiger partial charge in [-0.15, -0.1) is 0 Å². The molecule has 3 aromatic carbocycles. The molecule has 7 heteroatoms. The van der Waals surface area contributed by atoms with E-state index in [4.69, 9.17) is 0 Å². The van der Waals surface area contributed by atoms with Gasteiger partial charge in [-0.2, -0.15) is 0 Å². The fourth-order valence-electron chi connectivity index (χ4n) is 3.68. The minimum atomic E-state index is -0.414. The maximum Gasteiger partial charge on any atom is 0.278 e. The molecule has 2 N–H and O–H groups in total. The monoisotopic (exact) mass is 440 g/mol. The topological polar surface area (TPSA) is 93.1 Å². The van der Waals surface area contributed by atoms with Crippen molar-refractivity contribution in [3.63, 3.8) is 0 Å². The lowest BCUT2D eigenvalue weighted by atomic mass is 10.1. The van der Waals surface area contributed by atoms with Gasteiger partial charge in [0.15, 0.2) is 0 Å². The van der Waals surface area contributed by atoms with Crippen molar-refractivity contribution >= 4 is 34.2 Å². The molecule has 2 amide bonds. The van der Waals surface area contributed by atoms with Crippen molar-refractivity contribution < 1.29 is 9.59 Å². The van der Waals surface area contributed by atoms with Gasteiger partial charge >= 0.3 is 0 Å². The van der Waals surface area contributed by atoms with E-state index >= 15 is 0 Å². The largest absolute Gasteiger partial charge is 0.326 e. The quantitative estimate of drug-likeness (QED) is 0.469. The van der Waals surface area contributed by atoms with Crippen LogP contribution in [0.25, 0.3) is 22.3 Å². The Morgan fingerprint density at radius 2 is 1.61 bits per heavy atom. The van der Waals surface area contributed by atoms with Crippen LogP contribution in [0.1, 0.15) is 19.4 Å². The molecular weight excluding hydrogens is 416 g/mol. The van der Waals surface area contributed by atoms with Crippen molar-refractivity contribution in [2.75, 3.05) is 10.6 Å². The van der Waals surface area contributed by atoms with Gasteiger partial charge in [-0.05, 0) is 42.3 Å². The van der Waals surface area contributed by atoms with E-state index in [1.54, 1.807) is 42.5 Å². The van der Waals surface area contributed by atoms with Gasteiger partial charge in [0.25, 0.3) is 5.56 Å². The molecule has 1 aromatic heterocycles. The highest BCUT2D eigenvalue weighted by Gasteiger charge is 2.17. The number of hydrogen-bond acceptors (Lipinski definition) is 4. The van der Waals surface area contributed by atoms with E-state index in [2.05, 4.69) is 22.5 Å². The lowest BCUT2D eigenvalue weighted by Gasteiger charge is -2.14. The van der Waals surface area contributed by atoms with Crippen LogP contribution >= 0.6 is 0 Å². The van der Waals surface area contributed by atoms with Crippen molar-refractivity contribution in [3.8, 4) is 11.3 Å². The highest BCUT2D eigenvalue weighted by atomic mass is 16.2. The third-order valence-corrected chi connectivity index (χ3v) is 5.29. The molecule has 1 heterocycles. The summed E-state index contributed by atoms with van der Waals surface area (Å²) in [5, 5.41) is 5.60. The minimum Gasteiger partial charge on any atom is -0.326 e. The maximum absolute atomic E-state index is 13.5. The number of amides is 2. The zero-order valence-electron chi connectivity index (χ0n) is 18.5. The molecule has 0 spiro atoms. The third-order valence-electron chi connectivity index (χ3n) is 5.29. The molecule has 0 atom stereocenters. The van der Waals surface area contributed by atoms with Crippen molar-refractivity contribution in [2.45, 2.75) is 26.8 Å². The normalized spacial score (nSPS) is 10.7. The average molecular weight is 441 g/mol. The number of rotatable bonds is 6. The Hall–Kier alpha value is -4.26. The molecule has 0 aliphatic carbocycles. The molecular formula is C26H24N4O3. The molecule has 33 heavy (non-hydrogen) atoms. The molecule has 0 aliphatic rings. The van der Waals surface area contributed by atoms with Crippen molar-refractivity contribution in [2.24, 2.45) is 0 Å². The van der Waals surface area contributed by atoms with E-state index in [-0.39, 0.29) is 24.1 Å². The van der Waals surface area contributed by atoms with Crippen LogP contribution in [-0.4, -0.2) is 21.4 Å². The lowest BCUT2D eigenvalue weighted by molar-refractivity contribution is -0.117. The SMILES string of the molecule is CCc1ccc(NC(=O)Cn2c(=O)c(-c3ccccc3NC(C)=O)nc3ccccc32)cc1. The van der Waals surface area contributed by atoms with Crippen LogP contribution in [0.3, 0.4) is 0 Å². The summed E-state index contributed by atoms with van der Waals surface area (Å²) in [5.41, 5.74) is 3.70. The number of carbonyl (C=O) groups is 2. The Balaban J connectivity index is 1.75. The maximum atomic E-state index is 13.5. The van der Waals surface area contributed by atoms with E-state index in [0.29, 0.717) is 28.0 Å². The predicted molar refractivity (Wildman–Crippen MR) is 130 cm³/mol. The third kappa shape index (κ3) is 4.82. The van der Waals surface area contributed by atoms with Crippen molar-refractivity contribution in [1.29, 1.82) is 0 Å². The van der Waals surface area contributed by atoms with Crippen LogP contribution in [0, 0.1) is 0 Å². The highest BCUT2D eigenvalue weighted by molar-refractivity contribution is 5.94. The standard InChI is InChI=1S/C26H24N4O3/c1-3-18-12-14-19(15-13-18)28-24(32)16-30-23-11-7-6-10-22(23)29-25(26(30)33)20-8-4-5-9-21(20)27-17(2)31/h4-15H,3,16H2,1-2H3,(H,27,31)(H,28,32). The molecule has 0 aliphatic heterocycles. The van der Waals surface area contributed by atoms with Gasteiger partial charge in [-0.1, -0.05) is 49.4 Å². The van der Waals surface area contributed by atoms with Gasteiger partial charge in [0.1, 0.15) is 12.2 Å². The molecule has 4 aromatic rings. The Labute approximate surface area is 191 Å². The molecule has 0 saturated carbocycles. The number of benzene rings is 3. The number of para-hydroxylation sites is 3. The van der Waals surface area contributed by atoms with Crippen LogP contribution in [0.5, 0.6) is 0 Å². The lowest BCUT2D eigenvalue weighted by Crippen LogP contribution is -2.30. The summed E-state index contributed by atoms with van der Waals surface area (Å²) in [5.74, 6) is -0.573. The van der Waals surface area contributed by atoms with Crippen LogP contribution in [0.2, 0.25) is 0 Å². The van der Waals surface area contributed by atoms with Crippen LogP contribution in [0.4, 0.5) is 11.4 Å². The molecule has 166 valence electrons. The first kappa shape index (κ1) is 22.0. The van der Waals surface area contributed by atoms with E-state index in [1.807, 2.05) is 30.3 Å². The molecule has 0 saturated heterocycles. The zero-order valence-corrected chi connectivity index (χ0v) is 18.5. The van der Waals surface area contributed by atoms with Gasteiger partial charge in [-0.3, -0.25) is 19.0 Å². The van der Waals surface area contributed by atoms with Gasteiger partial charge in [-0.25, -0.2) is 4.98 Å². The smallest absolute Gasteiger partial charge is 0.278 e. The summed E-state index contributed by atoms with van der Waals surface area (Å²) in [6.45, 7) is 3.29. The molecule has 0 fully saturated rings. The molecule has 4 rings (SSSR count). The second-order valence-electron chi connectivity index (χ2n) is 7.67. The van der Waals surface area contributed by atoms with E-state index in [0.717, 1.165) is 6.42 Å². The highest BCUT2D eigenvalue weighted by Crippen LogP contribution is 2.25. The Kier molecular flexibility index (Phi) is 6.31. The molecule has 7 nitrogen and oxygen atoms in total. The van der Waals surface area contributed by atoms with Gasteiger partial charge in [0.2, 0.25) is 11.8 Å². The van der Waals surface area contributed by atoms with Crippen molar-refractivity contribution in [3.05, 3.63) is 88.7 Å².